The fraction of sp³-hybridized carbons (Fsp3) is 0. The summed E-state index contributed by atoms with van der Waals surface area (Å²) in [6.07, 6.45) is 6.62. The Morgan fingerprint density at radius 3 is 2.43 bits per heavy atom. The molecule has 0 aliphatic rings. The lowest BCUT2D eigenvalue weighted by Gasteiger charge is -2.06. The molecule has 7 heteroatoms. The summed E-state index contributed by atoms with van der Waals surface area (Å²) in [4.78, 5) is 7.86. The first-order valence-corrected chi connectivity index (χ1v) is 6.82. The number of aromatic nitrogens is 2. The van der Waals surface area contributed by atoms with Crippen LogP contribution in [0.5, 0.6) is 5.75 Å². The summed E-state index contributed by atoms with van der Waals surface area (Å²) in [5.74, 6) is 1.17. The van der Waals surface area contributed by atoms with Crippen LogP contribution in [0.15, 0.2) is 53.1 Å². The smallest absolute Gasteiger partial charge is 0.222 e. The van der Waals surface area contributed by atoms with Gasteiger partial charge in [0.05, 0.1) is 6.26 Å². The lowest BCUT2D eigenvalue weighted by Crippen LogP contribution is -2.02. The molecule has 1 aromatic carbocycles. The largest absolute Gasteiger partial charge is 0.508 e. The molecule has 0 fully saturated rings. The summed E-state index contributed by atoms with van der Waals surface area (Å²) in [6.45, 7) is 0. The molecule has 6 nitrogen and oxygen atoms in total. The molecule has 2 heterocycles. The van der Waals surface area contributed by atoms with E-state index < -0.39 is 0 Å². The number of nitrogens with zero attached hydrogens (tertiary/aromatic N) is 2. The van der Waals surface area contributed by atoms with Crippen LogP contribution in [0.4, 0.5) is 11.8 Å². The third kappa shape index (κ3) is 4.40. The van der Waals surface area contributed by atoms with Crippen LogP contribution in [0, 0.1) is 12.5 Å². The number of anilines is 2. The number of hydrogen-bond donors (Lipinski definition) is 3. The van der Waals surface area contributed by atoms with Gasteiger partial charge in [0.25, 0.3) is 0 Å². The number of hydrogen-bond acceptors (Lipinski definition) is 6. The number of benzene rings is 1. The van der Waals surface area contributed by atoms with E-state index in [2.05, 4.69) is 21.3 Å². The second kappa shape index (κ2) is 7.73. The maximum absolute atomic E-state index is 8.63. The minimum Gasteiger partial charge on any atom is -0.508 e. The van der Waals surface area contributed by atoms with Crippen LogP contribution in [0.25, 0.3) is 11.5 Å². The van der Waals surface area contributed by atoms with Crippen molar-refractivity contribution in [1.29, 1.82) is 0 Å². The number of nitrogen functional groups attached to an aromatic ring is 1. The number of halogens is 1. The Bertz CT molecular complexity index is 799. The number of nitrogens with one attached hydrogen (secondary N) is 1. The van der Waals surface area contributed by atoms with Crippen LogP contribution in [0.3, 0.4) is 0 Å². The number of furan rings is 1. The molecule has 0 radical (unpaired) electrons. The Balaban J connectivity index is 0.000000229. The fourth-order valence-corrected chi connectivity index (χ4v) is 1.85. The molecule has 2 aromatic heterocycles. The van der Waals surface area contributed by atoms with Crippen LogP contribution in [-0.4, -0.2) is 15.1 Å². The Hall–Kier alpha value is -3.17. The van der Waals surface area contributed by atoms with Gasteiger partial charge in [-0.1, -0.05) is 36.2 Å². The summed E-state index contributed by atoms with van der Waals surface area (Å²) < 4.78 is 5.18. The minimum atomic E-state index is 0.0635. The standard InChI is InChI=1S/C10H7ClN4O.C6H6O/c1-2-13-9-7(11)8(14-10(12)15-9)6-4-3-5-16-6;7-6-4-2-1-3-5-6/h1,3-5H,(H3,12,13,14,15);1-5,7H. The first-order chi connectivity index (χ1) is 11.1. The number of nitrogens with two attached hydrogens (primary N) is 1. The Morgan fingerprint density at radius 1 is 1.17 bits per heavy atom. The zero-order chi connectivity index (χ0) is 16.7. The molecule has 0 saturated heterocycles. The van der Waals surface area contributed by atoms with Gasteiger partial charge in [-0.3, -0.25) is 5.32 Å². The molecule has 0 unspecified atom stereocenters. The quantitative estimate of drug-likeness (QED) is 0.493. The van der Waals surface area contributed by atoms with Gasteiger partial charge in [0.2, 0.25) is 5.95 Å². The molecule has 3 aromatic rings. The van der Waals surface area contributed by atoms with Gasteiger partial charge in [-0.2, -0.15) is 4.98 Å². The summed E-state index contributed by atoms with van der Waals surface area (Å²) in [7, 11) is 0. The first kappa shape index (κ1) is 16.2. The van der Waals surface area contributed by atoms with E-state index in [4.69, 9.17) is 33.3 Å². The Labute approximate surface area is 138 Å². The molecule has 0 aliphatic heterocycles. The van der Waals surface area contributed by atoms with Crippen molar-refractivity contribution in [3.05, 3.63) is 53.8 Å². The molecule has 0 spiro atoms. The monoisotopic (exact) mass is 328 g/mol. The highest BCUT2D eigenvalue weighted by Gasteiger charge is 2.14. The highest BCUT2D eigenvalue weighted by atomic mass is 35.5. The molecule has 116 valence electrons. The topological polar surface area (TPSA) is 97.2 Å². The summed E-state index contributed by atoms with van der Waals surface area (Å²) in [5, 5.41) is 11.4. The van der Waals surface area contributed by atoms with Crippen molar-refractivity contribution in [2.24, 2.45) is 0 Å². The number of aromatic hydroxyl groups is 1. The summed E-state index contributed by atoms with van der Waals surface area (Å²) in [6, 6.07) is 14.4. The lowest BCUT2D eigenvalue weighted by atomic mass is 10.3. The van der Waals surface area contributed by atoms with Gasteiger partial charge in [-0.15, -0.1) is 0 Å². The van der Waals surface area contributed by atoms with Gasteiger partial charge in [0.15, 0.2) is 11.6 Å². The van der Waals surface area contributed by atoms with Crippen LogP contribution in [0.2, 0.25) is 5.02 Å². The molecule has 0 bridgehead atoms. The van der Waals surface area contributed by atoms with Gasteiger partial charge < -0.3 is 15.3 Å². The van der Waals surface area contributed by atoms with Crippen molar-refractivity contribution >= 4 is 23.4 Å². The Morgan fingerprint density at radius 2 is 1.91 bits per heavy atom. The molecular formula is C16H13ClN4O2. The molecule has 0 saturated carbocycles. The van der Waals surface area contributed by atoms with Crippen LogP contribution in [-0.2, 0) is 0 Å². The summed E-state index contributed by atoms with van der Waals surface area (Å²) in [5.41, 5.74) is 5.93. The van der Waals surface area contributed by atoms with E-state index in [1.165, 1.54) is 6.26 Å². The average Bonchev–Trinajstić information content (AvgIpc) is 3.06. The van der Waals surface area contributed by atoms with Crippen molar-refractivity contribution < 1.29 is 9.52 Å². The number of phenolic OH excluding ortho intramolecular Hbond substituents is 1. The maximum Gasteiger partial charge on any atom is 0.222 e. The van der Waals surface area contributed by atoms with E-state index in [9.17, 15) is 0 Å². The normalized spacial score (nSPS) is 9.39. The van der Waals surface area contributed by atoms with E-state index >= 15 is 0 Å². The van der Waals surface area contributed by atoms with Crippen LogP contribution >= 0.6 is 11.6 Å². The zero-order valence-corrected chi connectivity index (χ0v) is 12.7. The second-order valence-electron chi connectivity index (χ2n) is 4.18. The van der Waals surface area contributed by atoms with E-state index in [1.54, 1.807) is 36.4 Å². The maximum atomic E-state index is 8.63. The van der Waals surface area contributed by atoms with Gasteiger partial charge in [-0.25, -0.2) is 4.98 Å². The van der Waals surface area contributed by atoms with E-state index in [-0.39, 0.29) is 16.8 Å². The number of para-hydroxylation sites is 1. The summed E-state index contributed by atoms with van der Waals surface area (Å²) >= 11 is 6.05. The van der Waals surface area contributed by atoms with Crippen molar-refractivity contribution in [2.75, 3.05) is 11.1 Å². The van der Waals surface area contributed by atoms with Crippen molar-refractivity contribution in [3.63, 3.8) is 0 Å². The number of rotatable bonds is 2. The van der Waals surface area contributed by atoms with Gasteiger partial charge in [-0.05, 0) is 24.3 Å². The molecule has 0 atom stereocenters. The molecule has 0 amide bonds. The highest BCUT2D eigenvalue weighted by Crippen LogP contribution is 2.31. The van der Waals surface area contributed by atoms with Crippen LogP contribution < -0.4 is 11.1 Å². The third-order valence-corrected chi connectivity index (χ3v) is 2.93. The number of phenols is 1. The molecule has 23 heavy (non-hydrogen) atoms. The molecule has 4 N–H and O–H groups in total. The third-order valence-electron chi connectivity index (χ3n) is 2.57. The number of terminal acetylenes is 1. The lowest BCUT2D eigenvalue weighted by molar-refractivity contribution is 0.475. The van der Waals surface area contributed by atoms with Crippen LogP contribution in [0.1, 0.15) is 0 Å². The molecular weight excluding hydrogens is 316 g/mol. The predicted octanol–water partition coefficient (Wildman–Crippen LogP) is 3.37. The SMILES string of the molecule is C#CNc1nc(N)nc(-c2ccco2)c1Cl.Oc1ccccc1. The zero-order valence-electron chi connectivity index (χ0n) is 11.9. The average molecular weight is 329 g/mol. The van der Waals surface area contributed by atoms with Gasteiger partial charge in [0.1, 0.15) is 16.5 Å². The van der Waals surface area contributed by atoms with E-state index in [0.717, 1.165) is 0 Å². The van der Waals surface area contributed by atoms with Gasteiger partial charge in [0, 0.05) is 6.04 Å². The predicted molar refractivity (Wildman–Crippen MR) is 89.7 cm³/mol. The van der Waals surface area contributed by atoms with E-state index in [0.29, 0.717) is 17.2 Å². The minimum absolute atomic E-state index is 0.0635. The van der Waals surface area contributed by atoms with Gasteiger partial charge >= 0.3 is 0 Å². The first-order valence-electron chi connectivity index (χ1n) is 6.44. The second-order valence-corrected chi connectivity index (χ2v) is 4.55. The van der Waals surface area contributed by atoms with E-state index in [1.807, 2.05) is 6.07 Å². The van der Waals surface area contributed by atoms with Crippen molar-refractivity contribution in [3.8, 4) is 29.7 Å². The van der Waals surface area contributed by atoms with Crippen molar-refractivity contribution in [2.45, 2.75) is 0 Å². The van der Waals surface area contributed by atoms with Crippen molar-refractivity contribution in [1.82, 2.24) is 9.97 Å². The Kier molecular flexibility index (Phi) is 5.45. The molecule has 0 aliphatic carbocycles. The fourth-order valence-electron chi connectivity index (χ4n) is 1.62. The molecule has 3 rings (SSSR count). The highest BCUT2D eigenvalue weighted by molar-refractivity contribution is 6.35.